The third-order valence-electron chi connectivity index (χ3n) is 2.56. The molecule has 0 saturated carbocycles. The number of ether oxygens (including phenoxy) is 1. The average molecular weight is 288 g/mol. The molecule has 0 aliphatic heterocycles. The molecule has 0 radical (unpaired) electrons. The predicted molar refractivity (Wildman–Crippen MR) is 80.7 cm³/mol. The summed E-state index contributed by atoms with van der Waals surface area (Å²) in [5, 5.41) is 4.17. The van der Waals surface area contributed by atoms with Crippen LogP contribution in [0.2, 0.25) is 5.02 Å². The highest BCUT2D eigenvalue weighted by atomic mass is 35.5. The smallest absolute Gasteiger partial charge is 0.0587 e. The van der Waals surface area contributed by atoms with Gasteiger partial charge in [-0.05, 0) is 29.9 Å². The van der Waals surface area contributed by atoms with Crippen molar-refractivity contribution in [1.29, 1.82) is 0 Å². The molecule has 0 amide bonds. The van der Waals surface area contributed by atoms with Crippen LogP contribution in [-0.4, -0.2) is 26.0 Å². The molecule has 1 aromatic rings. The van der Waals surface area contributed by atoms with E-state index in [1.807, 2.05) is 11.8 Å². The van der Waals surface area contributed by atoms with Gasteiger partial charge in [-0.2, -0.15) is 0 Å². The van der Waals surface area contributed by atoms with Crippen molar-refractivity contribution in [3.8, 4) is 0 Å². The fraction of sp³-hybridized carbons (Fsp3) is 0.571. The number of hydrogen-bond acceptors (Lipinski definition) is 3. The lowest BCUT2D eigenvalue weighted by Crippen LogP contribution is -2.18. The van der Waals surface area contributed by atoms with E-state index < -0.39 is 0 Å². The van der Waals surface area contributed by atoms with E-state index in [1.165, 1.54) is 23.3 Å². The summed E-state index contributed by atoms with van der Waals surface area (Å²) in [5.74, 6) is 1.14. The Morgan fingerprint density at radius 3 is 2.89 bits per heavy atom. The molecule has 0 aromatic heterocycles. The maximum absolute atomic E-state index is 6.28. The number of nitrogens with one attached hydrogen (secondary N) is 1. The number of unbranched alkanes of at least 4 members (excludes halogenated alkanes) is 1. The van der Waals surface area contributed by atoms with Gasteiger partial charge < -0.3 is 10.1 Å². The van der Waals surface area contributed by atoms with Crippen LogP contribution < -0.4 is 5.32 Å². The van der Waals surface area contributed by atoms with Crippen LogP contribution >= 0.6 is 23.4 Å². The summed E-state index contributed by atoms with van der Waals surface area (Å²) in [6.45, 7) is 4.64. The van der Waals surface area contributed by atoms with Gasteiger partial charge in [0.25, 0.3) is 0 Å². The number of rotatable bonds is 9. The van der Waals surface area contributed by atoms with Gasteiger partial charge in [0.1, 0.15) is 0 Å². The van der Waals surface area contributed by atoms with Crippen molar-refractivity contribution in [3.63, 3.8) is 0 Å². The number of methoxy groups -OCH3 is 1. The fourth-order valence-electron chi connectivity index (χ4n) is 1.50. The van der Waals surface area contributed by atoms with Crippen LogP contribution in [0.4, 0.5) is 0 Å². The molecule has 1 rings (SSSR count). The Balaban J connectivity index is 2.41. The zero-order valence-corrected chi connectivity index (χ0v) is 12.7. The fourth-order valence-corrected chi connectivity index (χ4v) is 2.89. The maximum atomic E-state index is 6.28. The van der Waals surface area contributed by atoms with Crippen molar-refractivity contribution >= 4 is 23.4 Å². The molecule has 4 heteroatoms. The Hall–Kier alpha value is -0.220. The molecule has 0 bridgehead atoms. The standard InChI is InChI=1S/C14H22ClNOS/c1-3-4-9-18-14-6-5-12(10-13(14)15)11-16-7-8-17-2/h5-6,10,16H,3-4,7-9,11H2,1-2H3. The highest BCUT2D eigenvalue weighted by molar-refractivity contribution is 7.99. The van der Waals surface area contributed by atoms with E-state index in [9.17, 15) is 0 Å². The zero-order valence-electron chi connectivity index (χ0n) is 11.2. The van der Waals surface area contributed by atoms with Gasteiger partial charge in [-0.1, -0.05) is 31.0 Å². The second-order valence-corrected chi connectivity index (χ2v) is 5.68. The molecule has 1 N–H and O–H groups in total. The van der Waals surface area contributed by atoms with Gasteiger partial charge in [-0.3, -0.25) is 0 Å². The summed E-state index contributed by atoms with van der Waals surface area (Å²) in [6, 6.07) is 6.31. The van der Waals surface area contributed by atoms with E-state index in [0.29, 0.717) is 0 Å². The van der Waals surface area contributed by atoms with Gasteiger partial charge >= 0.3 is 0 Å². The first kappa shape index (κ1) is 15.8. The lowest BCUT2D eigenvalue weighted by molar-refractivity contribution is 0.199. The van der Waals surface area contributed by atoms with Crippen LogP contribution in [0, 0.1) is 0 Å². The van der Waals surface area contributed by atoms with E-state index in [2.05, 4.69) is 30.4 Å². The number of thioether (sulfide) groups is 1. The average Bonchev–Trinajstić information content (AvgIpc) is 2.37. The van der Waals surface area contributed by atoms with Crippen LogP contribution in [0.15, 0.2) is 23.1 Å². The summed E-state index contributed by atoms with van der Waals surface area (Å²) in [4.78, 5) is 1.19. The molecule has 0 fully saturated rings. The third kappa shape index (κ3) is 6.10. The summed E-state index contributed by atoms with van der Waals surface area (Å²) in [6.07, 6.45) is 2.47. The van der Waals surface area contributed by atoms with E-state index in [-0.39, 0.29) is 0 Å². The summed E-state index contributed by atoms with van der Waals surface area (Å²) >= 11 is 8.12. The highest BCUT2D eigenvalue weighted by Gasteiger charge is 2.02. The third-order valence-corrected chi connectivity index (χ3v) is 4.15. The first-order chi connectivity index (χ1) is 8.77. The Labute approximate surface area is 119 Å². The predicted octanol–water partition coefficient (Wildman–Crippen LogP) is 3.97. The molecule has 18 heavy (non-hydrogen) atoms. The van der Waals surface area contributed by atoms with Crippen LogP contribution in [0.1, 0.15) is 25.3 Å². The quantitative estimate of drug-likeness (QED) is 0.548. The largest absolute Gasteiger partial charge is 0.383 e. The molecule has 1 aromatic carbocycles. The minimum atomic E-state index is 0.735. The summed E-state index contributed by atoms with van der Waals surface area (Å²) in [7, 11) is 1.71. The molecule has 0 unspecified atom stereocenters. The summed E-state index contributed by atoms with van der Waals surface area (Å²) < 4.78 is 4.99. The lowest BCUT2D eigenvalue weighted by Gasteiger charge is -2.08. The minimum absolute atomic E-state index is 0.735. The monoisotopic (exact) mass is 287 g/mol. The summed E-state index contributed by atoms with van der Waals surface area (Å²) in [5.41, 5.74) is 1.22. The van der Waals surface area contributed by atoms with E-state index in [0.717, 1.165) is 30.5 Å². The SMILES string of the molecule is CCCCSc1ccc(CNCCOC)cc1Cl. The number of benzene rings is 1. The van der Waals surface area contributed by atoms with Gasteiger partial charge in [0, 0.05) is 25.1 Å². The molecule has 0 atom stereocenters. The number of halogens is 1. The van der Waals surface area contributed by atoms with Crippen molar-refractivity contribution in [2.75, 3.05) is 26.0 Å². The zero-order chi connectivity index (χ0) is 13.2. The molecular weight excluding hydrogens is 266 g/mol. The highest BCUT2D eigenvalue weighted by Crippen LogP contribution is 2.28. The molecule has 0 saturated heterocycles. The van der Waals surface area contributed by atoms with Gasteiger partial charge in [0.2, 0.25) is 0 Å². The first-order valence-corrected chi connectivity index (χ1v) is 7.75. The topological polar surface area (TPSA) is 21.3 Å². The Morgan fingerprint density at radius 1 is 1.39 bits per heavy atom. The Morgan fingerprint density at radius 2 is 2.22 bits per heavy atom. The first-order valence-electron chi connectivity index (χ1n) is 6.38. The van der Waals surface area contributed by atoms with Crippen LogP contribution in [0.25, 0.3) is 0 Å². The second kappa shape index (κ2) is 9.68. The van der Waals surface area contributed by atoms with Crippen molar-refractivity contribution in [2.45, 2.75) is 31.2 Å². The maximum Gasteiger partial charge on any atom is 0.0587 e. The molecule has 0 spiro atoms. The second-order valence-electron chi connectivity index (χ2n) is 4.14. The molecular formula is C14H22ClNOS. The van der Waals surface area contributed by atoms with Gasteiger partial charge in [-0.25, -0.2) is 0 Å². The van der Waals surface area contributed by atoms with E-state index in [1.54, 1.807) is 7.11 Å². The Bertz CT molecular complexity index is 347. The van der Waals surface area contributed by atoms with Crippen molar-refractivity contribution in [3.05, 3.63) is 28.8 Å². The molecule has 0 heterocycles. The van der Waals surface area contributed by atoms with Crippen molar-refractivity contribution < 1.29 is 4.74 Å². The van der Waals surface area contributed by atoms with Crippen LogP contribution in [0.5, 0.6) is 0 Å². The molecule has 102 valence electrons. The van der Waals surface area contributed by atoms with Gasteiger partial charge in [0.05, 0.1) is 11.6 Å². The van der Waals surface area contributed by atoms with Crippen molar-refractivity contribution in [1.82, 2.24) is 5.32 Å². The minimum Gasteiger partial charge on any atom is -0.383 e. The normalized spacial score (nSPS) is 10.8. The van der Waals surface area contributed by atoms with E-state index in [4.69, 9.17) is 16.3 Å². The van der Waals surface area contributed by atoms with Crippen molar-refractivity contribution in [2.24, 2.45) is 0 Å². The van der Waals surface area contributed by atoms with Gasteiger partial charge in [0.15, 0.2) is 0 Å². The molecule has 0 aliphatic rings. The van der Waals surface area contributed by atoms with Crippen LogP contribution in [-0.2, 0) is 11.3 Å². The number of hydrogen-bond donors (Lipinski definition) is 1. The molecule has 0 aliphatic carbocycles. The van der Waals surface area contributed by atoms with Gasteiger partial charge in [-0.15, -0.1) is 11.8 Å². The molecule has 2 nitrogen and oxygen atoms in total. The Kier molecular flexibility index (Phi) is 8.51. The van der Waals surface area contributed by atoms with E-state index >= 15 is 0 Å². The van der Waals surface area contributed by atoms with Crippen LogP contribution in [0.3, 0.4) is 0 Å². The lowest BCUT2D eigenvalue weighted by atomic mass is 10.2.